The van der Waals surface area contributed by atoms with Gasteiger partial charge in [-0.05, 0) is 34.6 Å². The Labute approximate surface area is 192 Å². The lowest BCUT2D eigenvalue weighted by atomic mass is 9.88. The Balaban J connectivity index is 2.29. The van der Waals surface area contributed by atoms with Gasteiger partial charge in [0.1, 0.15) is 23.3 Å². The second-order valence-corrected chi connectivity index (χ2v) is 9.13. The number of alkyl carbamates (subject to hydrolysis) is 1. The molecule has 33 heavy (non-hydrogen) atoms. The van der Waals surface area contributed by atoms with Crippen molar-refractivity contribution in [1.29, 1.82) is 0 Å². The molecule has 2 aliphatic rings. The molecular formula is C22H32N2O9. The van der Waals surface area contributed by atoms with Crippen molar-refractivity contribution in [3.63, 3.8) is 0 Å². The van der Waals surface area contributed by atoms with Crippen molar-refractivity contribution in [2.75, 3.05) is 6.61 Å². The predicted molar refractivity (Wildman–Crippen MR) is 113 cm³/mol. The van der Waals surface area contributed by atoms with E-state index in [1.54, 1.807) is 27.7 Å². The Hall–Kier alpha value is -3.11. The molecular weight excluding hydrogens is 436 g/mol. The van der Waals surface area contributed by atoms with E-state index >= 15 is 0 Å². The molecule has 11 heteroatoms. The van der Waals surface area contributed by atoms with Crippen molar-refractivity contribution in [3.05, 3.63) is 12.8 Å². The van der Waals surface area contributed by atoms with Gasteiger partial charge in [0.2, 0.25) is 5.91 Å². The van der Waals surface area contributed by atoms with Gasteiger partial charge >= 0.3 is 24.0 Å². The largest absolute Gasteiger partial charge is 0.464 e. The smallest absolute Gasteiger partial charge is 0.408 e. The molecule has 6 atom stereocenters. The first-order chi connectivity index (χ1) is 15.3. The van der Waals surface area contributed by atoms with E-state index in [-0.39, 0.29) is 13.0 Å². The Bertz CT molecular complexity index is 834. The number of amides is 2. The molecule has 2 amide bonds. The van der Waals surface area contributed by atoms with Crippen LogP contribution in [0.4, 0.5) is 4.79 Å². The van der Waals surface area contributed by atoms with Gasteiger partial charge in [0.15, 0.2) is 0 Å². The number of carbonyl (C=O) groups excluding carboxylic acids is 5. The van der Waals surface area contributed by atoms with Crippen molar-refractivity contribution in [1.82, 2.24) is 10.6 Å². The van der Waals surface area contributed by atoms with Crippen LogP contribution in [0.25, 0.3) is 0 Å². The highest BCUT2D eigenvalue weighted by Crippen LogP contribution is 2.64. The zero-order chi connectivity index (χ0) is 25.1. The lowest BCUT2D eigenvalue weighted by Gasteiger charge is -2.33. The van der Waals surface area contributed by atoms with Crippen LogP contribution in [0.15, 0.2) is 12.8 Å². The predicted octanol–water partition coefficient (Wildman–Crippen LogP) is 1.20. The van der Waals surface area contributed by atoms with E-state index in [9.17, 15) is 24.0 Å². The highest BCUT2D eigenvalue weighted by atomic mass is 16.6. The van der Waals surface area contributed by atoms with Crippen LogP contribution in [0.3, 0.4) is 0 Å². The third-order valence-corrected chi connectivity index (χ3v) is 5.50. The SMILES string of the molecule is C=COC(=O)[C@H]1[C@H]2[C@@H]1[C@](NC(=O)[C@@H](C)NC(=O)OC(C)(C)C)(C(=O)OCC)C[C@@H]2OC(C)=O. The standard InChI is InChI=1S/C22H32N2O9/c1-8-30-18(27)15-14-13(32-12(4)25)10-22(16(14)15,19(28)31-9-2)24-17(26)11(3)23-20(29)33-21(5,6)7/h8,11,13-16H,1,9-10H2,2-7H3,(H,23,29)(H,24,26)/t11-,13+,14+,15+,16+,22+/m1/s1. The highest BCUT2D eigenvalue weighted by Gasteiger charge is 2.77. The molecule has 0 saturated heterocycles. The van der Waals surface area contributed by atoms with Crippen LogP contribution < -0.4 is 10.6 Å². The Morgan fingerprint density at radius 2 is 1.85 bits per heavy atom. The van der Waals surface area contributed by atoms with Gasteiger partial charge in [-0.2, -0.15) is 0 Å². The number of hydrogen-bond donors (Lipinski definition) is 2. The van der Waals surface area contributed by atoms with E-state index in [2.05, 4.69) is 17.2 Å². The summed E-state index contributed by atoms with van der Waals surface area (Å²) in [7, 11) is 0. The maximum atomic E-state index is 13.1. The molecule has 0 spiro atoms. The zero-order valence-electron chi connectivity index (χ0n) is 19.8. The maximum Gasteiger partial charge on any atom is 0.408 e. The summed E-state index contributed by atoms with van der Waals surface area (Å²) in [6, 6.07) is -1.07. The molecule has 0 aromatic heterocycles. The summed E-state index contributed by atoms with van der Waals surface area (Å²) < 4.78 is 20.6. The van der Waals surface area contributed by atoms with Crippen LogP contribution in [0, 0.1) is 17.8 Å². The molecule has 0 aliphatic heterocycles. The Kier molecular flexibility index (Phi) is 7.76. The summed E-state index contributed by atoms with van der Waals surface area (Å²) in [5.41, 5.74) is -2.41. The summed E-state index contributed by atoms with van der Waals surface area (Å²) >= 11 is 0. The summed E-state index contributed by atoms with van der Waals surface area (Å²) in [6.07, 6.45) is -0.733. The highest BCUT2D eigenvalue weighted by molar-refractivity contribution is 5.94. The van der Waals surface area contributed by atoms with Crippen LogP contribution in [0.1, 0.15) is 48.0 Å². The molecule has 0 bridgehead atoms. The lowest BCUT2D eigenvalue weighted by Crippen LogP contribution is -2.61. The van der Waals surface area contributed by atoms with Gasteiger partial charge in [0, 0.05) is 25.2 Å². The topological polar surface area (TPSA) is 146 Å². The quantitative estimate of drug-likeness (QED) is 0.305. The molecule has 0 aromatic carbocycles. The third-order valence-electron chi connectivity index (χ3n) is 5.50. The number of rotatable bonds is 8. The second-order valence-electron chi connectivity index (χ2n) is 9.13. The molecule has 2 rings (SSSR count). The summed E-state index contributed by atoms with van der Waals surface area (Å²) in [4.78, 5) is 62.2. The van der Waals surface area contributed by atoms with Crippen molar-refractivity contribution in [2.45, 2.75) is 71.2 Å². The normalized spacial score (nSPS) is 28.4. The van der Waals surface area contributed by atoms with Crippen LogP contribution >= 0.6 is 0 Å². The lowest BCUT2D eigenvalue weighted by molar-refractivity contribution is -0.159. The average molecular weight is 469 g/mol. The van der Waals surface area contributed by atoms with E-state index in [1.165, 1.54) is 13.8 Å². The fourth-order valence-corrected chi connectivity index (χ4v) is 4.36. The first kappa shape index (κ1) is 26.1. The molecule has 0 heterocycles. The minimum Gasteiger partial charge on any atom is -0.464 e. The number of nitrogens with one attached hydrogen (secondary N) is 2. The summed E-state index contributed by atoms with van der Waals surface area (Å²) in [6.45, 7) is 12.7. The minimum absolute atomic E-state index is 0.0273. The van der Waals surface area contributed by atoms with Gasteiger partial charge < -0.3 is 29.6 Å². The van der Waals surface area contributed by atoms with E-state index in [1.807, 2.05) is 0 Å². The molecule has 11 nitrogen and oxygen atoms in total. The average Bonchev–Trinajstić information content (AvgIpc) is 3.34. The number of ether oxygens (including phenoxy) is 4. The van der Waals surface area contributed by atoms with Crippen LogP contribution in [-0.4, -0.2) is 59.8 Å². The summed E-state index contributed by atoms with van der Waals surface area (Å²) in [5.74, 6) is -4.77. The molecule has 2 N–H and O–H groups in total. The van der Waals surface area contributed by atoms with E-state index in [0.717, 1.165) is 6.26 Å². The van der Waals surface area contributed by atoms with Gasteiger partial charge in [0.05, 0.1) is 18.8 Å². The van der Waals surface area contributed by atoms with Crippen molar-refractivity contribution < 1.29 is 42.9 Å². The van der Waals surface area contributed by atoms with Gasteiger partial charge in [-0.3, -0.25) is 14.4 Å². The number of fused-ring (bicyclic) bond motifs is 1. The fraction of sp³-hybridized carbons (Fsp3) is 0.682. The molecule has 2 saturated carbocycles. The molecule has 184 valence electrons. The van der Waals surface area contributed by atoms with Crippen LogP contribution in [-0.2, 0) is 38.1 Å². The van der Waals surface area contributed by atoms with Crippen molar-refractivity contribution >= 4 is 29.9 Å². The number of esters is 3. The fourth-order valence-electron chi connectivity index (χ4n) is 4.36. The van der Waals surface area contributed by atoms with Gasteiger partial charge in [-0.15, -0.1) is 0 Å². The van der Waals surface area contributed by atoms with Gasteiger partial charge in [-0.25, -0.2) is 9.59 Å². The molecule has 0 unspecified atom stereocenters. The maximum absolute atomic E-state index is 13.1. The number of carbonyl (C=O) groups is 5. The first-order valence-electron chi connectivity index (χ1n) is 10.7. The summed E-state index contributed by atoms with van der Waals surface area (Å²) in [5, 5.41) is 5.07. The first-order valence-corrected chi connectivity index (χ1v) is 10.7. The molecule has 0 radical (unpaired) electrons. The van der Waals surface area contributed by atoms with E-state index in [4.69, 9.17) is 18.9 Å². The molecule has 2 aliphatic carbocycles. The minimum atomic E-state index is -1.65. The van der Waals surface area contributed by atoms with Crippen molar-refractivity contribution in [3.8, 4) is 0 Å². The zero-order valence-corrected chi connectivity index (χ0v) is 19.8. The molecule has 2 fully saturated rings. The van der Waals surface area contributed by atoms with Gasteiger partial charge in [0.25, 0.3) is 0 Å². The van der Waals surface area contributed by atoms with Crippen molar-refractivity contribution in [2.24, 2.45) is 17.8 Å². The van der Waals surface area contributed by atoms with E-state index < -0.39 is 70.9 Å². The Morgan fingerprint density at radius 1 is 1.21 bits per heavy atom. The Morgan fingerprint density at radius 3 is 2.36 bits per heavy atom. The van der Waals surface area contributed by atoms with Crippen LogP contribution in [0.2, 0.25) is 0 Å². The number of hydrogen-bond acceptors (Lipinski definition) is 9. The van der Waals surface area contributed by atoms with E-state index in [0.29, 0.717) is 0 Å². The second kappa shape index (κ2) is 9.80. The monoisotopic (exact) mass is 468 g/mol. The molecule has 0 aromatic rings. The van der Waals surface area contributed by atoms with Crippen LogP contribution in [0.5, 0.6) is 0 Å². The van der Waals surface area contributed by atoms with Gasteiger partial charge in [-0.1, -0.05) is 6.58 Å². The third kappa shape index (κ3) is 5.82.